The molecule has 0 fully saturated rings. The molecule has 2 rings (SSSR count). The molecular weight excluding hydrogens is 246 g/mol. The van der Waals surface area contributed by atoms with Gasteiger partial charge in [-0.25, -0.2) is 0 Å². The van der Waals surface area contributed by atoms with Crippen LogP contribution in [0.2, 0.25) is 0 Å². The molecule has 5 heteroatoms. The number of amides is 1. The molecule has 0 saturated heterocycles. The predicted octanol–water partition coefficient (Wildman–Crippen LogP) is 2.36. The molecule has 0 bridgehead atoms. The van der Waals surface area contributed by atoms with Crippen molar-refractivity contribution < 1.29 is 19.7 Å². The average molecular weight is 259 g/mol. The average Bonchev–Trinajstić information content (AvgIpc) is 2.41. The van der Waals surface area contributed by atoms with Crippen LogP contribution in [0.1, 0.15) is 10.4 Å². The Hall–Kier alpha value is -2.69. The number of phenols is 2. The molecule has 0 saturated carbocycles. The zero-order valence-corrected chi connectivity index (χ0v) is 10.3. The van der Waals surface area contributed by atoms with Crippen LogP contribution in [0.25, 0.3) is 0 Å². The molecule has 0 aromatic heterocycles. The molecule has 0 aliphatic rings. The maximum absolute atomic E-state index is 12.0. The van der Waals surface area contributed by atoms with Gasteiger partial charge in [0.05, 0.1) is 12.7 Å². The van der Waals surface area contributed by atoms with Crippen molar-refractivity contribution in [3.8, 4) is 17.2 Å². The molecule has 0 radical (unpaired) electrons. The normalized spacial score (nSPS) is 9.95. The van der Waals surface area contributed by atoms with Crippen molar-refractivity contribution in [2.75, 3.05) is 12.4 Å². The summed E-state index contributed by atoms with van der Waals surface area (Å²) < 4.78 is 4.94. The van der Waals surface area contributed by atoms with Gasteiger partial charge < -0.3 is 20.3 Å². The van der Waals surface area contributed by atoms with Crippen molar-refractivity contribution in [1.82, 2.24) is 0 Å². The Morgan fingerprint density at radius 2 is 1.79 bits per heavy atom. The van der Waals surface area contributed by atoms with Crippen molar-refractivity contribution in [2.45, 2.75) is 0 Å². The summed E-state index contributed by atoms with van der Waals surface area (Å²) in [6.45, 7) is 0. The highest BCUT2D eigenvalue weighted by Crippen LogP contribution is 2.29. The zero-order chi connectivity index (χ0) is 13.8. The van der Waals surface area contributed by atoms with Gasteiger partial charge in [0.2, 0.25) is 0 Å². The molecule has 0 aliphatic carbocycles. The fourth-order valence-corrected chi connectivity index (χ4v) is 1.61. The summed E-state index contributed by atoms with van der Waals surface area (Å²) in [5.41, 5.74) is 0.637. The Kier molecular flexibility index (Phi) is 3.56. The minimum Gasteiger partial charge on any atom is -0.508 e. The maximum atomic E-state index is 12.0. The lowest BCUT2D eigenvalue weighted by Gasteiger charge is -2.09. The van der Waals surface area contributed by atoms with E-state index in [0.717, 1.165) is 0 Å². The molecular formula is C14H13NO4. The Morgan fingerprint density at radius 1 is 1.11 bits per heavy atom. The fraction of sp³-hybridized carbons (Fsp3) is 0.0714. The van der Waals surface area contributed by atoms with E-state index in [1.54, 1.807) is 24.3 Å². The van der Waals surface area contributed by atoms with Crippen LogP contribution in [0.15, 0.2) is 42.5 Å². The number of rotatable bonds is 3. The number of hydrogen-bond donors (Lipinski definition) is 3. The molecule has 5 nitrogen and oxygen atoms in total. The largest absolute Gasteiger partial charge is 0.508 e. The molecule has 0 heterocycles. The number of anilines is 1. The molecule has 0 atom stereocenters. The second-order valence-electron chi connectivity index (χ2n) is 3.86. The number of methoxy groups -OCH3 is 1. The van der Waals surface area contributed by atoms with Gasteiger partial charge in [-0.1, -0.05) is 6.07 Å². The smallest absolute Gasteiger partial charge is 0.259 e. The Morgan fingerprint density at radius 3 is 2.42 bits per heavy atom. The number of carbonyl (C=O) groups excluding carboxylic acids is 1. The van der Waals surface area contributed by atoms with E-state index in [2.05, 4.69) is 5.32 Å². The number of ether oxygens (including phenoxy) is 1. The second kappa shape index (κ2) is 5.30. The number of carbonyl (C=O) groups is 1. The minimum atomic E-state index is -0.456. The maximum Gasteiger partial charge on any atom is 0.259 e. The lowest BCUT2D eigenvalue weighted by atomic mass is 10.1. The van der Waals surface area contributed by atoms with E-state index in [4.69, 9.17) is 9.84 Å². The van der Waals surface area contributed by atoms with E-state index in [9.17, 15) is 9.90 Å². The first-order valence-corrected chi connectivity index (χ1v) is 5.58. The minimum absolute atomic E-state index is 0.113. The summed E-state index contributed by atoms with van der Waals surface area (Å²) in [5, 5.41) is 21.6. The first-order chi connectivity index (χ1) is 9.11. The molecule has 0 aliphatic heterocycles. The molecule has 3 N–H and O–H groups in total. The highest BCUT2D eigenvalue weighted by molar-refractivity contribution is 6.06. The predicted molar refractivity (Wildman–Crippen MR) is 70.7 cm³/mol. The van der Waals surface area contributed by atoms with Crippen molar-refractivity contribution in [3.05, 3.63) is 48.0 Å². The Labute approximate surface area is 110 Å². The van der Waals surface area contributed by atoms with E-state index in [1.807, 2.05) is 0 Å². The third kappa shape index (κ3) is 2.77. The van der Waals surface area contributed by atoms with Gasteiger partial charge in [-0.05, 0) is 36.4 Å². The Bertz CT molecular complexity index is 593. The fourth-order valence-electron chi connectivity index (χ4n) is 1.61. The van der Waals surface area contributed by atoms with E-state index in [-0.39, 0.29) is 22.8 Å². The highest BCUT2D eigenvalue weighted by atomic mass is 16.5. The van der Waals surface area contributed by atoms with Crippen LogP contribution in [-0.4, -0.2) is 23.2 Å². The molecule has 1 amide bonds. The number of para-hydroxylation sites is 1. The van der Waals surface area contributed by atoms with Gasteiger partial charge in [0.15, 0.2) is 11.5 Å². The number of hydrogen-bond acceptors (Lipinski definition) is 4. The summed E-state index contributed by atoms with van der Waals surface area (Å²) in [7, 11) is 1.41. The molecule has 0 spiro atoms. The SMILES string of the molecule is COc1cccc(C(=O)Nc2ccc(O)cc2)c1O. The van der Waals surface area contributed by atoms with Crippen molar-refractivity contribution >= 4 is 11.6 Å². The van der Waals surface area contributed by atoms with Gasteiger partial charge in [-0.15, -0.1) is 0 Å². The Balaban J connectivity index is 2.23. The number of benzene rings is 2. The highest BCUT2D eigenvalue weighted by Gasteiger charge is 2.14. The molecule has 2 aromatic carbocycles. The third-order valence-electron chi connectivity index (χ3n) is 2.59. The molecule has 2 aromatic rings. The lowest BCUT2D eigenvalue weighted by molar-refractivity contribution is 0.102. The second-order valence-corrected chi connectivity index (χ2v) is 3.86. The van der Waals surface area contributed by atoms with Gasteiger partial charge in [0.25, 0.3) is 5.91 Å². The zero-order valence-electron chi connectivity index (χ0n) is 10.3. The van der Waals surface area contributed by atoms with Crippen LogP contribution in [0.4, 0.5) is 5.69 Å². The van der Waals surface area contributed by atoms with Crippen molar-refractivity contribution in [1.29, 1.82) is 0 Å². The monoisotopic (exact) mass is 259 g/mol. The lowest BCUT2D eigenvalue weighted by Crippen LogP contribution is -2.12. The summed E-state index contributed by atoms with van der Waals surface area (Å²) in [6, 6.07) is 10.7. The summed E-state index contributed by atoms with van der Waals surface area (Å²) in [5.74, 6) is -0.316. The van der Waals surface area contributed by atoms with E-state index in [0.29, 0.717) is 5.69 Å². The summed E-state index contributed by atoms with van der Waals surface area (Å²) in [6.07, 6.45) is 0. The molecule has 98 valence electrons. The van der Waals surface area contributed by atoms with Crippen LogP contribution in [0.5, 0.6) is 17.2 Å². The van der Waals surface area contributed by atoms with Crippen LogP contribution in [-0.2, 0) is 0 Å². The van der Waals surface area contributed by atoms with E-state index in [1.165, 1.54) is 25.3 Å². The van der Waals surface area contributed by atoms with Gasteiger partial charge in [-0.3, -0.25) is 4.79 Å². The summed E-state index contributed by atoms with van der Waals surface area (Å²) >= 11 is 0. The number of nitrogens with one attached hydrogen (secondary N) is 1. The van der Waals surface area contributed by atoms with Crippen molar-refractivity contribution in [2.24, 2.45) is 0 Å². The van der Waals surface area contributed by atoms with Gasteiger partial charge in [-0.2, -0.15) is 0 Å². The van der Waals surface area contributed by atoms with Gasteiger partial charge in [0.1, 0.15) is 5.75 Å². The topological polar surface area (TPSA) is 78.8 Å². The number of phenolic OH excluding ortho intramolecular Hbond substituents is 2. The standard InChI is InChI=1S/C14H13NO4/c1-19-12-4-2-3-11(13(12)17)14(18)15-9-5-7-10(16)8-6-9/h2-8,16-17H,1H3,(H,15,18). The van der Waals surface area contributed by atoms with E-state index >= 15 is 0 Å². The van der Waals surface area contributed by atoms with Crippen LogP contribution < -0.4 is 10.1 Å². The van der Waals surface area contributed by atoms with Crippen LogP contribution in [0.3, 0.4) is 0 Å². The third-order valence-corrected chi connectivity index (χ3v) is 2.59. The van der Waals surface area contributed by atoms with E-state index < -0.39 is 5.91 Å². The molecule has 19 heavy (non-hydrogen) atoms. The first-order valence-electron chi connectivity index (χ1n) is 5.58. The van der Waals surface area contributed by atoms with Gasteiger partial charge >= 0.3 is 0 Å². The number of aromatic hydroxyl groups is 2. The first kappa shape index (κ1) is 12.8. The van der Waals surface area contributed by atoms with Gasteiger partial charge in [0, 0.05) is 5.69 Å². The molecule has 0 unspecified atom stereocenters. The summed E-state index contributed by atoms with van der Waals surface area (Å²) in [4.78, 5) is 12.0. The van der Waals surface area contributed by atoms with Crippen LogP contribution >= 0.6 is 0 Å². The van der Waals surface area contributed by atoms with Crippen LogP contribution in [0, 0.1) is 0 Å². The van der Waals surface area contributed by atoms with Crippen molar-refractivity contribution in [3.63, 3.8) is 0 Å². The quantitative estimate of drug-likeness (QED) is 0.739.